The van der Waals surface area contributed by atoms with Gasteiger partial charge in [-0.15, -0.1) is 0 Å². The van der Waals surface area contributed by atoms with Crippen molar-refractivity contribution in [2.24, 2.45) is 5.92 Å². The second kappa shape index (κ2) is 8.39. The number of nitrogens with zero attached hydrogens (tertiary/aromatic N) is 3. The van der Waals surface area contributed by atoms with Gasteiger partial charge in [0.2, 0.25) is 5.91 Å². The van der Waals surface area contributed by atoms with Crippen molar-refractivity contribution >= 4 is 28.7 Å². The summed E-state index contributed by atoms with van der Waals surface area (Å²) in [5.41, 5.74) is 0.267. The summed E-state index contributed by atoms with van der Waals surface area (Å²) in [6, 6.07) is 6.82. The van der Waals surface area contributed by atoms with Crippen molar-refractivity contribution in [3.05, 3.63) is 52.8 Å². The molecule has 1 amide bonds. The molecule has 0 unspecified atom stereocenters. The highest BCUT2D eigenvalue weighted by Crippen LogP contribution is 2.19. The molecule has 27 heavy (non-hydrogen) atoms. The molecule has 0 aliphatic heterocycles. The minimum Gasteiger partial charge on any atom is -0.467 e. The van der Waals surface area contributed by atoms with E-state index in [0.717, 1.165) is 0 Å². The Morgan fingerprint density at radius 2 is 2.11 bits per heavy atom. The molecule has 1 atom stereocenters. The lowest BCUT2D eigenvalue weighted by Gasteiger charge is -2.15. The third-order valence-corrected chi connectivity index (χ3v) is 4.90. The molecular formula is C19H22N4O3S. The van der Waals surface area contributed by atoms with Crippen LogP contribution in [0.3, 0.4) is 0 Å². The third kappa shape index (κ3) is 4.57. The standard InChI is InChI=1S/C19H22N4O3S/c1-12(2)10-23-18(25)14-6-4-8-20-17(14)22-19(23)27-11-16(24)21-13(3)15-7-5-9-26-15/h4-9,12-13H,10-11H2,1-3H3,(H,21,24)/t13-/m0/s1. The van der Waals surface area contributed by atoms with E-state index in [4.69, 9.17) is 4.42 Å². The number of carbonyl (C=O) groups is 1. The molecule has 0 fully saturated rings. The van der Waals surface area contributed by atoms with Crippen molar-refractivity contribution in [3.63, 3.8) is 0 Å². The molecule has 3 aromatic rings. The zero-order chi connectivity index (χ0) is 19.4. The average Bonchev–Trinajstić information content (AvgIpc) is 3.17. The van der Waals surface area contributed by atoms with Crippen LogP contribution < -0.4 is 10.9 Å². The Hall–Kier alpha value is -2.61. The Morgan fingerprint density at radius 3 is 2.81 bits per heavy atom. The van der Waals surface area contributed by atoms with Gasteiger partial charge in [-0.05, 0) is 37.1 Å². The predicted molar refractivity (Wildman–Crippen MR) is 105 cm³/mol. The summed E-state index contributed by atoms with van der Waals surface area (Å²) in [6.07, 6.45) is 3.18. The fourth-order valence-electron chi connectivity index (χ4n) is 2.69. The maximum Gasteiger partial charge on any atom is 0.263 e. The number of hydrogen-bond donors (Lipinski definition) is 1. The molecule has 0 aliphatic rings. The summed E-state index contributed by atoms with van der Waals surface area (Å²) >= 11 is 1.23. The second-order valence-electron chi connectivity index (χ2n) is 6.67. The van der Waals surface area contributed by atoms with Crippen LogP contribution in [0.2, 0.25) is 0 Å². The molecule has 0 aromatic carbocycles. The number of amides is 1. The maximum atomic E-state index is 12.8. The van der Waals surface area contributed by atoms with E-state index in [-0.39, 0.29) is 29.2 Å². The van der Waals surface area contributed by atoms with E-state index in [1.807, 2.05) is 26.8 Å². The highest BCUT2D eigenvalue weighted by Gasteiger charge is 2.16. The molecule has 0 radical (unpaired) electrons. The number of nitrogens with one attached hydrogen (secondary N) is 1. The van der Waals surface area contributed by atoms with Gasteiger partial charge in [-0.25, -0.2) is 9.97 Å². The lowest BCUT2D eigenvalue weighted by Crippen LogP contribution is -2.29. The first-order valence-electron chi connectivity index (χ1n) is 8.77. The summed E-state index contributed by atoms with van der Waals surface area (Å²) < 4.78 is 6.93. The van der Waals surface area contributed by atoms with E-state index in [1.165, 1.54) is 11.8 Å². The first kappa shape index (κ1) is 19.2. The van der Waals surface area contributed by atoms with E-state index in [1.54, 1.807) is 35.2 Å². The molecule has 0 aliphatic carbocycles. The van der Waals surface area contributed by atoms with Crippen LogP contribution in [0.1, 0.15) is 32.6 Å². The largest absolute Gasteiger partial charge is 0.467 e. The van der Waals surface area contributed by atoms with Crippen molar-refractivity contribution in [2.75, 3.05) is 5.75 Å². The highest BCUT2D eigenvalue weighted by molar-refractivity contribution is 7.99. The normalized spacial score (nSPS) is 12.4. The molecule has 0 bridgehead atoms. The second-order valence-corrected chi connectivity index (χ2v) is 7.61. The minimum absolute atomic E-state index is 0.131. The van der Waals surface area contributed by atoms with Crippen LogP contribution in [-0.2, 0) is 11.3 Å². The number of fused-ring (bicyclic) bond motifs is 1. The summed E-state index contributed by atoms with van der Waals surface area (Å²) in [7, 11) is 0. The van der Waals surface area contributed by atoms with E-state index >= 15 is 0 Å². The van der Waals surface area contributed by atoms with Gasteiger partial charge in [0.15, 0.2) is 10.8 Å². The SMILES string of the molecule is CC(C)Cn1c(SCC(=O)N[C@@H](C)c2ccco2)nc2ncccc2c1=O. The molecule has 3 aromatic heterocycles. The predicted octanol–water partition coefficient (Wildman–Crippen LogP) is 3.01. The topological polar surface area (TPSA) is 90.0 Å². The van der Waals surface area contributed by atoms with E-state index in [9.17, 15) is 9.59 Å². The van der Waals surface area contributed by atoms with Gasteiger partial charge in [0, 0.05) is 12.7 Å². The van der Waals surface area contributed by atoms with Gasteiger partial charge in [-0.2, -0.15) is 0 Å². The monoisotopic (exact) mass is 386 g/mol. The van der Waals surface area contributed by atoms with Crippen molar-refractivity contribution in [3.8, 4) is 0 Å². The van der Waals surface area contributed by atoms with Gasteiger partial charge >= 0.3 is 0 Å². The van der Waals surface area contributed by atoms with Crippen molar-refractivity contribution in [2.45, 2.75) is 38.5 Å². The Bertz CT molecular complexity index is 982. The number of rotatable bonds is 7. The van der Waals surface area contributed by atoms with Crippen LogP contribution in [0.25, 0.3) is 11.0 Å². The molecule has 3 heterocycles. The molecule has 7 nitrogen and oxygen atoms in total. The first-order chi connectivity index (χ1) is 13.0. The van der Waals surface area contributed by atoms with Crippen molar-refractivity contribution in [1.82, 2.24) is 19.9 Å². The number of carbonyl (C=O) groups excluding carboxylic acids is 1. The molecule has 0 saturated carbocycles. The Labute approximate surface area is 161 Å². The molecule has 142 valence electrons. The molecule has 3 rings (SSSR count). The molecule has 0 spiro atoms. The smallest absolute Gasteiger partial charge is 0.263 e. The minimum atomic E-state index is -0.225. The van der Waals surface area contributed by atoms with Crippen LogP contribution in [0.5, 0.6) is 0 Å². The average molecular weight is 386 g/mol. The van der Waals surface area contributed by atoms with Crippen LogP contribution >= 0.6 is 11.8 Å². The number of hydrogen-bond acceptors (Lipinski definition) is 6. The zero-order valence-electron chi connectivity index (χ0n) is 15.5. The number of thioether (sulfide) groups is 1. The Morgan fingerprint density at radius 1 is 1.30 bits per heavy atom. The van der Waals surface area contributed by atoms with Crippen LogP contribution in [0, 0.1) is 5.92 Å². The Balaban J connectivity index is 1.79. The molecule has 0 saturated heterocycles. The lowest BCUT2D eigenvalue weighted by molar-refractivity contribution is -0.119. The van der Waals surface area contributed by atoms with Crippen molar-refractivity contribution in [1.29, 1.82) is 0 Å². The number of aromatic nitrogens is 3. The summed E-state index contributed by atoms with van der Waals surface area (Å²) in [5, 5.41) is 3.87. The van der Waals surface area contributed by atoms with E-state index < -0.39 is 0 Å². The van der Waals surface area contributed by atoms with Crippen molar-refractivity contribution < 1.29 is 9.21 Å². The summed E-state index contributed by atoms with van der Waals surface area (Å²) in [4.78, 5) is 33.8. The van der Waals surface area contributed by atoms with Gasteiger partial charge in [-0.1, -0.05) is 25.6 Å². The first-order valence-corrected chi connectivity index (χ1v) is 9.75. The van der Waals surface area contributed by atoms with Crippen LogP contribution in [-0.4, -0.2) is 26.2 Å². The van der Waals surface area contributed by atoms with Gasteiger partial charge in [0.05, 0.1) is 23.4 Å². The van der Waals surface area contributed by atoms with E-state index in [2.05, 4.69) is 15.3 Å². The Kier molecular flexibility index (Phi) is 5.95. The molecule has 8 heteroatoms. The van der Waals surface area contributed by atoms with Crippen LogP contribution in [0.15, 0.2) is 51.1 Å². The maximum absolute atomic E-state index is 12.8. The fraction of sp³-hybridized carbons (Fsp3) is 0.368. The van der Waals surface area contributed by atoms with Gasteiger partial charge in [0.1, 0.15) is 5.76 Å². The number of pyridine rings is 1. The van der Waals surface area contributed by atoms with Gasteiger partial charge in [-0.3, -0.25) is 14.2 Å². The molecular weight excluding hydrogens is 364 g/mol. The van der Waals surface area contributed by atoms with Gasteiger partial charge in [0.25, 0.3) is 5.56 Å². The summed E-state index contributed by atoms with van der Waals surface area (Å²) in [6.45, 7) is 6.45. The van der Waals surface area contributed by atoms with Crippen LogP contribution in [0.4, 0.5) is 0 Å². The lowest BCUT2D eigenvalue weighted by atomic mass is 10.2. The summed E-state index contributed by atoms with van der Waals surface area (Å²) in [5.74, 6) is 0.952. The third-order valence-electron chi connectivity index (χ3n) is 3.92. The highest BCUT2D eigenvalue weighted by atomic mass is 32.2. The van der Waals surface area contributed by atoms with E-state index in [0.29, 0.717) is 28.5 Å². The number of furan rings is 1. The molecule has 1 N–H and O–H groups in total. The zero-order valence-corrected chi connectivity index (χ0v) is 16.3. The fourth-order valence-corrected chi connectivity index (χ4v) is 3.50. The quantitative estimate of drug-likeness (QED) is 0.496. The van der Waals surface area contributed by atoms with Gasteiger partial charge < -0.3 is 9.73 Å².